The molecule has 1 aliphatic heterocycles. The van der Waals surface area contributed by atoms with Gasteiger partial charge in [-0.2, -0.15) is 0 Å². The van der Waals surface area contributed by atoms with Gasteiger partial charge in [0.1, 0.15) is 5.76 Å². The normalized spacial score (nSPS) is 14.3. The first-order valence-electron chi connectivity index (χ1n) is 8.16. The van der Waals surface area contributed by atoms with Crippen LogP contribution in [0.4, 0.5) is 10.5 Å². The number of carbonyl (C=O) groups is 2. The molecule has 7 heteroatoms. The summed E-state index contributed by atoms with van der Waals surface area (Å²) in [6, 6.07) is 10.9. The number of esters is 1. The number of benzene rings is 1. The van der Waals surface area contributed by atoms with Gasteiger partial charge in [0.15, 0.2) is 0 Å². The maximum absolute atomic E-state index is 12.2. The van der Waals surface area contributed by atoms with Gasteiger partial charge in [0.25, 0.3) is 0 Å². The predicted octanol–water partition coefficient (Wildman–Crippen LogP) is 2.10. The first-order valence-corrected chi connectivity index (χ1v) is 8.16. The molecule has 1 fully saturated rings. The Bertz CT molecular complexity index is 722. The van der Waals surface area contributed by atoms with E-state index in [1.807, 2.05) is 24.3 Å². The summed E-state index contributed by atoms with van der Waals surface area (Å²) >= 11 is 0. The second-order valence-corrected chi connectivity index (χ2v) is 5.75. The van der Waals surface area contributed by atoms with Gasteiger partial charge >= 0.3 is 12.0 Å². The highest BCUT2D eigenvalue weighted by molar-refractivity contribution is 5.90. The van der Waals surface area contributed by atoms with E-state index >= 15 is 0 Å². The van der Waals surface area contributed by atoms with Gasteiger partial charge in [-0.15, -0.1) is 0 Å². The Morgan fingerprint density at radius 1 is 1.16 bits per heavy atom. The third kappa shape index (κ3) is 4.12. The highest BCUT2D eigenvalue weighted by Gasteiger charge is 2.21. The summed E-state index contributed by atoms with van der Waals surface area (Å²) in [6.45, 7) is 3.03. The zero-order chi connectivity index (χ0) is 17.6. The van der Waals surface area contributed by atoms with E-state index in [4.69, 9.17) is 9.15 Å². The lowest BCUT2D eigenvalue weighted by molar-refractivity contribution is 0.0600. The van der Waals surface area contributed by atoms with Crippen molar-refractivity contribution in [2.75, 3.05) is 38.2 Å². The lowest BCUT2D eigenvalue weighted by atomic mass is 10.1. The van der Waals surface area contributed by atoms with E-state index in [1.165, 1.54) is 7.11 Å². The van der Waals surface area contributed by atoms with Gasteiger partial charge in [-0.3, -0.25) is 0 Å². The Balaban J connectivity index is 1.53. The number of furan rings is 1. The van der Waals surface area contributed by atoms with Gasteiger partial charge in [0.2, 0.25) is 0 Å². The number of urea groups is 1. The van der Waals surface area contributed by atoms with E-state index in [0.29, 0.717) is 38.3 Å². The zero-order valence-corrected chi connectivity index (χ0v) is 14.1. The molecule has 0 spiro atoms. The van der Waals surface area contributed by atoms with Gasteiger partial charge in [-0.05, 0) is 30.3 Å². The second-order valence-electron chi connectivity index (χ2n) is 5.75. The second kappa shape index (κ2) is 7.74. The lowest BCUT2D eigenvalue weighted by Gasteiger charge is -2.36. The number of carbonyl (C=O) groups excluding carboxylic acids is 2. The minimum atomic E-state index is -0.349. The van der Waals surface area contributed by atoms with Crippen molar-refractivity contribution >= 4 is 17.7 Å². The molecule has 132 valence electrons. The third-order valence-electron chi connectivity index (χ3n) is 4.19. The molecule has 1 saturated heterocycles. The van der Waals surface area contributed by atoms with Crippen LogP contribution >= 0.6 is 0 Å². The number of nitrogens with zero attached hydrogens (tertiary/aromatic N) is 2. The van der Waals surface area contributed by atoms with Crippen LogP contribution in [0.15, 0.2) is 47.1 Å². The number of methoxy groups -OCH3 is 1. The molecule has 2 heterocycles. The number of piperazine rings is 1. The average molecular weight is 343 g/mol. The summed E-state index contributed by atoms with van der Waals surface area (Å²) in [7, 11) is 1.37. The van der Waals surface area contributed by atoms with Crippen LogP contribution in [0, 0.1) is 0 Å². The van der Waals surface area contributed by atoms with Crippen LogP contribution in [0.25, 0.3) is 0 Å². The molecule has 0 unspecified atom stereocenters. The largest absolute Gasteiger partial charge is 0.467 e. The van der Waals surface area contributed by atoms with Gasteiger partial charge < -0.3 is 24.3 Å². The molecular weight excluding hydrogens is 322 g/mol. The number of amides is 2. The predicted molar refractivity (Wildman–Crippen MR) is 92.5 cm³/mol. The van der Waals surface area contributed by atoms with Crippen molar-refractivity contribution in [1.29, 1.82) is 0 Å². The molecule has 0 atom stereocenters. The van der Waals surface area contributed by atoms with Crippen molar-refractivity contribution < 1.29 is 18.7 Å². The molecule has 0 bridgehead atoms. The smallest absolute Gasteiger partial charge is 0.337 e. The Morgan fingerprint density at radius 2 is 1.96 bits per heavy atom. The first-order chi connectivity index (χ1) is 12.2. The molecule has 2 amide bonds. The number of rotatable bonds is 4. The van der Waals surface area contributed by atoms with E-state index in [0.717, 1.165) is 11.4 Å². The monoisotopic (exact) mass is 343 g/mol. The van der Waals surface area contributed by atoms with Crippen LogP contribution in [0.5, 0.6) is 0 Å². The van der Waals surface area contributed by atoms with E-state index in [-0.39, 0.29) is 12.0 Å². The summed E-state index contributed by atoms with van der Waals surface area (Å²) in [4.78, 5) is 27.8. The molecule has 0 saturated carbocycles. The molecule has 1 aromatic heterocycles. The Labute approximate surface area is 146 Å². The number of anilines is 1. The SMILES string of the molecule is COC(=O)c1cccc(N2CCN(C(=O)NCc3ccco3)CC2)c1. The molecule has 0 aliphatic carbocycles. The quantitative estimate of drug-likeness (QED) is 0.861. The number of hydrogen-bond donors (Lipinski definition) is 1. The first kappa shape index (κ1) is 16.9. The summed E-state index contributed by atoms with van der Waals surface area (Å²) in [6.07, 6.45) is 1.59. The summed E-state index contributed by atoms with van der Waals surface area (Å²) in [5, 5.41) is 2.85. The molecule has 7 nitrogen and oxygen atoms in total. The maximum Gasteiger partial charge on any atom is 0.337 e. The fourth-order valence-electron chi connectivity index (χ4n) is 2.80. The van der Waals surface area contributed by atoms with E-state index < -0.39 is 0 Å². The van der Waals surface area contributed by atoms with Crippen molar-refractivity contribution in [3.05, 3.63) is 54.0 Å². The maximum atomic E-state index is 12.2. The molecule has 25 heavy (non-hydrogen) atoms. The van der Waals surface area contributed by atoms with E-state index in [9.17, 15) is 9.59 Å². The van der Waals surface area contributed by atoms with Gasteiger partial charge in [0, 0.05) is 31.9 Å². The molecule has 1 aliphatic rings. The van der Waals surface area contributed by atoms with Crippen molar-refractivity contribution in [2.45, 2.75) is 6.54 Å². The van der Waals surface area contributed by atoms with Crippen LogP contribution in [-0.2, 0) is 11.3 Å². The van der Waals surface area contributed by atoms with Crippen molar-refractivity contribution in [2.24, 2.45) is 0 Å². The standard InChI is InChI=1S/C18H21N3O4/c1-24-17(22)14-4-2-5-15(12-14)20-7-9-21(10-8-20)18(23)19-13-16-6-3-11-25-16/h2-6,11-12H,7-10,13H2,1H3,(H,19,23). The lowest BCUT2D eigenvalue weighted by Crippen LogP contribution is -2.51. The van der Waals surface area contributed by atoms with Crippen LogP contribution in [0.1, 0.15) is 16.1 Å². The average Bonchev–Trinajstić information content (AvgIpc) is 3.19. The van der Waals surface area contributed by atoms with Crippen LogP contribution in [-0.4, -0.2) is 50.2 Å². The zero-order valence-electron chi connectivity index (χ0n) is 14.1. The third-order valence-corrected chi connectivity index (χ3v) is 4.19. The number of nitrogens with one attached hydrogen (secondary N) is 1. The number of ether oxygens (including phenoxy) is 1. The molecule has 1 N–H and O–H groups in total. The molecule has 2 aromatic rings. The fraction of sp³-hybridized carbons (Fsp3) is 0.333. The van der Waals surface area contributed by atoms with E-state index in [1.54, 1.807) is 23.3 Å². The topological polar surface area (TPSA) is 75.0 Å². The highest BCUT2D eigenvalue weighted by atomic mass is 16.5. The molecule has 3 rings (SSSR count). The van der Waals surface area contributed by atoms with Gasteiger partial charge in [0.05, 0.1) is 25.5 Å². The Morgan fingerprint density at radius 3 is 2.64 bits per heavy atom. The molecule has 1 aromatic carbocycles. The molecular formula is C18H21N3O4. The fourth-order valence-corrected chi connectivity index (χ4v) is 2.80. The van der Waals surface area contributed by atoms with E-state index in [2.05, 4.69) is 10.2 Å². The number of hydrogen-bond acceptors (Lipinski definition) is 5. The van der Waals surface area contributed by atoms with Crippen LogP contribution < -0.4 is 10.2 Å². The summed E-state index contributed by atoms with van der Waals surface area (Å²) in [5.41, 5.74) is 1.48. The van der Waals surface area contributed by atoms with Crippen LogP contribution in [0.3, 0.4) is 0 Å². The summed E-state index contributed by atoms with van der Waals surface area (Å²) in [5.74, 6) is 0.379. The van der Waals surface area contributed by atoms with Crippen molar-refractivity contribution in [3.63, 3.8) is 0 Å². The van der Waals surface area contributed by atoms with Crippen LogP contribution in [0.2, 0.25) is 0 Å². The Hall–Kier alpha value is -2.96. The van der Waals surface area contributed by atoms with Gasteiger partial charge in [-0.25, -0.2) is 9.59 Å². The minimum absolute atomic E-state index is 0.0978. The molecule has 0 radical (unpaired) electrons. The highest BCUT2D eigenvalue weighted by Crippen LogP contribution is 2.18. The van der Waals surface area contributed by atoms with Crippen molar-refractivity contribution in [1.82, 2.24) is 10.2 Å². The van der Waals surface area contributed by atoms with Gasteiger partial charge in [-0.1, -0.05) is 6.07 Å². The van der Waals surface area contributed by atoms with Crippen molar-refractivity contribution in [3.8, 4) is 0 Å². The Kier molecular flexibility index (Phi) is 5.23. The minimum Gasteiger partial charge on any atom is -0.467 e. The summed E-state index contributed by atoms with van der Waals surface area (Å²) < 4.78 is 9.96.